The second-order valence-electron chi connectivity index (χ2n) is 6.34. The number of nitriles is 1. The Morgan fingerprint density at radius 2 is 1.92 bits per heavy atom. The number of alkyl halides is 1. The van der Waals surface area contributed by atoms with Gasteiger partial charge in [0.05, 0.1) is 37.3 Å². The van der Waals surface area contributed by atoms with Crippen molar-refractivity contribution in [1.82, 2.24) is 14.5 Å². The molecule has 0 aliphatic carbocycles. The van der Waals surface area contributed by atoms with Crippen LogP contribution >= 0.6 is 28.6 Å². The molecule has 224 valence electrons. The van der Waals surface area contributed by atoms with E-state index in [0.717, 1.165) is 0 Å². The van der Waals surface area contributed by atoms with E-state index in [1.54, 1.807) is 10.6 Å². The van der Waals surface area contributed by atoms with Crippen LogP contribution in [0.15, 0.2) is 12.3 Å². The third kappa shape index (κ3) is 15.9. The highest BCUT2D eigenvalue weighted by Gasteiger charge is 2.28. The number of pyridine rings is 1. The molecule has 2 aromatic heterocycles. The minimum atomic E-state index is -1.35. The van der Waals surface area contributed by atoms with Crippen molar-refractivity contribution in [2.24, 2.45) is 0 Å². The summed E-state index contributed by atoms with van der Waals surface area (Å²) in [4.78, 5) is 16.8. The van der Waals surface area contributed by atoms with Crippen molar-refractivity contribution in [3.8, 4) is 6.07 Å². The van der Waals surface area contributed by atoms with Crippen molar-refractivity contribution >= 4 is 45.8 Å². The summed E-state index contributed by atoms with van der Waals surface area (Å²) >= 11 is 5.91. The lowest BCUT2D eigenvalue weighted by Gasteiger charge is -2.07. The zero-order chi connectivity index (χ0) is 30.1. The van der Waals surface area contributed by atoms with Crippen LogP contribution in [0.2, 0.25) is 5.02 Å². The van der Waals surface area contributed by atoms with Crippen LogP contribution in [0, 0.1) is 11.3 Å². The number of rotatable bonds is 11. The Hall–Kier alpha value is -1.35. The fourth-order valence-corrected chi connectivity index (χ4v) is 4.06. The first-order valence-corrected chi connectivity index (χ1v) is 15.2. The lowest BCUT2D eigenvalue weighted by Crippen LogP contribution is -2.19. The molecule has 0 saturated carbocycles. The van der Waals surface area contributed by atoms with Gasteiger partial charge in [-0.3, -0.25) is 0 Å². The third-order valence-electron chi connectivity index (χ3n) is 4.10. The lowest BCUT2D eigenvalue weighted by molar-refractivity contribution is 0.136. The van der Waals surface area contributed by atoms with E-state index in [1.165, 1.54) is 19.3 Å². The number of aliphatic hydroxyl groups excluding tert-OH is 1. The molecular formula is C24H43ClFN4O7P2+. The molecule has 2 N–H and O–H groups in total. The fraction of sp³-hybridized carbons (Fsp3) is 0.667. The van der Waals surface area contributed by atoms with E-state index < -0.39 is 29.3 Å². The summed E-state index contributed by atoms with van der Waals surface area (Å²) in [6.45, 7) is 13.1. The Balaban J connectivity index is 0. The second-order valence-corrected chi connectivity index (χ2v) is 8.49. The maximum absolute atomic E-state index is 12.4. The second kappa shape index (κ2) is 26.9. The minimum absolute atomic E-state index is 0.0924. The highest BCUT2D eigenvalue weighted by Crippen LogP contribution is 2.26. The summed E-state index contributed by atoms with van der Waals surface area (Å²) < 4.78 is 39.5. The van der Waals surface area contributed by atoms with Crippen LogP contribution in [0.4, 0.5) is 4.39 Å². The largest absolute Gasteiger partial charge is 0.457 e. The first-order chi connectivity index (χ1) is 19.0. The number of hydrogen-bond acceptors (Lipinski definition) is 10. The fourth-order valence-electron chi connectivity index (χ4n) is 2.66. The number of nitrogens with zero attached hydrogens (tertiary/aromatic N) is 4. The molecule has 39 heavy (non-hydrogen) atoms. The van der Waals surface area contributed by atoms with Gasteiger partial charge in [-0.05, 0) is 6.07 Å². The van der Waals surface area contributed by atoms with Crippen LogP contribution in [0.5, 0.6) is 0 Å². The number of ether oxygens (including phenoxy) is 2. The summed E-state index contributed by atoms with van der Waals surface area (Å²) in [7, 11) is -0.488. The molecular weight excluding hydrogens is 573 g/mol. The number of methoxy groups -OCH3 is 1. The van der Waals surface area contributed by atoms with Crippen molar-refractivity contribution < 1.29 is 37.4 Å². The Kier molecular flexibility index (Phi) is 27.4. The quantitative estimate of drug-likeness (QED) is 0.244. The van der Waals surface area contributed by atoms with E-state index in [4.69, 9.17) is 40.3 Å². The van der Waals surface area contributed by atoms with Gasteiger partial charge in [-0.25, -0.2) is 14.4 Å². The Labute approximate surface area is 239 Å². The molecule has 1 aliphatic heterocycles. The average Bonchev–Trinajstić information content (AvgIpc) is 3.54. The number of halogens is 2. The molecule has 0 amide bonds. The lowest BCUT2D eigenvalue weighted by atomic mass is 10.3. The highest BCUT2D eigenvalue weighted by atomic mass is 35.5. The average molecular weight is 616 g/mol. The van der Waals surface area contributed by atoms with E-state index in [1.807, 2.05) is 47.6 Å². The molecule has 3 heterocycles. The summed E-state index contributed by atoms with van der Waals surface area (Å²) in [6, 6.07) is 3.69. The van der Waals surface area contributed by atoms with Crippen LogP contribution in [-0.4, -0.2) is 76.3 Å². The smallest absolute Gasteiger partial charge is 0.388 e. The molecule has 11 nitrogen and oxygen atoms in total. The van der Waals surface area contributed by atoms with E-state index in [0.29, 0.717) is 35.2 Å². The molecule has 0 aromatic carbocycles. The molecule has 15 heteroatoms. The first-order valence-electron chi connectivity index (χ1n) is 12.7. The van der Waals surface area contributed by atoms with E-state index in [2.05, 4.69) is 14.5 Å². The van der Waals surface area contributed by atoms with Gasteiger partial charge >= 0.3 is 8.00 Å². The molecule has 4 unspecified atom stereocenters. The summed E-state index contributed by atoms with van der Waals surface area (Å²) in [6.07, 6.45) is 0.198. The number of aliphatic hydroxyl groups is 1. The van der Waals surface area contributed by atoms with Gasteiger partial charge in [-0.1, -0.05) is 53.1 Å². The van der Waals surface area contributed by atoms with Crippen molar-refractivity contribution in [3.05, 3.63) is 23.1 Å². The van der Waals surface area contributed by atoms with Crippen LogP contribution in [0.1, 0.15) is 53.8 Å². The standard InChI is InChI=1S/C14H17ClN4O4P.C4H8FO3P.3C2H6/c1-21-10-24(22-5-2-3-16)23-6-4-19-13(9-20)18-12-7-11(15)8-17-14(12)19;5-3-1-7-2-4(3)8-9-6;3*1-2/h7-8,10,20H,2,4-6,9H2,1H3;3-4,6,9H,1-2H2;3*1-2H3/q+1;;;;. The van der Waals surface area contributed by atoms with Gasteiger partial charge in [0.15, 0.2) is 20.9 Å². The molecule has 3 rings (SSSR count). The molecule has 2 aromatic rings. The summed E-state index contributed by atoms with van der Waals surface area (Å²) in [5.41, 5.74) is 1.24. The summed E-state index contributed by atoms with van der Waals surface area (Å²) in [5, 5.41) is 18.5. The van der Waals surface area contributed by atoms with E-state index in [-0.39, 0.29) is 32.8 Å². The number of aromatic nitrogens is 3. The van der Waals surface area contributed by atoms with Gasteiger partial charge in [0.1, 0.15) is 37.3 Å². The molecule has 0 spiro atoms. The topological polar surface area (TPSA) is 141 Å². The monoisotopic (exact) mass is 615 g/mol. The Morgan fingerprint density at radius 1 is 1.26 bits per heavy atom. The predicted molar refractivity (Wildman–Crippen MR) is 156 cm³/mol. The van der Waals surface area contributed by atoms with E-state index >= 15 is 0 Å². The molecule has 0 bridgehead atoms. The van der Waals surface area contributed by atoms with Gasteiger partial charge in [0, 0.05) is 13.3 Å². The molecule has 1 saturated heterocycles. The SMILES string of the molecule is CC.CC.CC.COC=[P+](OCCC#N)OCCn1c(CO)nc2cc(Cl)cnc21.OPOC1COCC1F. The van der Waals surface area contributed by atoms with Gasteiger partial charge in [0.2, 0.25) is 0 Å². The number of imidazole rings is 1. The maximum Gasteiger partial charge on any atom is 0.457 e. The molecule has 1 fully saturated rings. The zero-order valence-electron chi connectivity index (χ0n) is 23.8. The van der Waals surface area contributed by atoms with Gasteiger partial charge in [0.25, 0.3) is 5.98 Å². The number of hydrogen-bond donors (Lipinski definition) is 2. The van der Waals surface area contributed by atoms with Crippen molar-refractivity contribution in [2.45, 2.75) is 73.4 Å². The van der Waals surface area contributed by atoms with Crippen molar-refractivity contribution in [3.63, 3.8) is 0 Å². The van der Waals surface area contributed by atoms with E-state index in [9.17, 15) is 9.50 Å². The first kappa shape index (κ1) is 39.8. The van der Waals surface area contributed by atoms with Gasteiger partial charge in [-0.15, -0.1) is 9.05 Å². The molecule has 4 atom stereocenters. The van der Waals surface area contributed by atoms with Crippen molar-refractivity contribution in [1.29, 1.82) is 5.26 Å². The molecule has 0 radical (unpaired) electrons. The predicted octanol–water partition coefficient (Wildman–Crippen LogP) is 5.56. The van der Waals surface area contributed by atoms with Crippen LogP contribution < -0.4 is 0 Å². The van der Waals surface area contributed by atoms with Gasteiger partial charge in [-0.2, -0.15) is 5.26 Å². The highest BCUT2D eigenvalue weighted by molar-refractivity contribution is 7.46. The molecule has 1 aliphatic rings. The van der Waals surface area contributed by atoms with Crippen LogP contribution in [0.3, 0.4) is 0 Å². The van der Waals surface area contributed by atoms with Crippen LogP contribution in [0.25, 0.3) is 11.2 Å². The Bertz CT molecular complexity index is 951. The Morgan fingerprint density at radius 3 is 2.46 bits per heavy atom. The number of fused-ring (bicyclic) bond motifs is 1. The maximum atomic E-state index is 12.4. The summed E-state index contributed by atoms with van der Waals surface area (Å²) in [5.74, 6) is 1.94. The van der Waals surface area contributed by atoms with Gasteiger partial charge < -0.3 is 28.6 Å². The zero-order valence-corrected chi connectivity index (χ0v) is 26.4. The normalized spacial score (nSPS) is 16.2. The van der Waals surface area contributed by atoms with Crippen molar-refractivity contribution in [2.75, 3.05) is 33.5 Å². The minimum Gasteiger partial charge on any atom is -0.388 e. The third-order valence-corrected chi connectivity index (χ3v) is 5.97. The van der Waals surface area contributed by atoms with Crippen LogP contribution in [-0.2, 0) is 36.2 Å².